The lowest BCUT2D eigenvalue weighted by atomic mass is 10.2. The van der Waals surface area contributed by atoms with Crippen LogP contribution in [0.25, 0.3) is 0 Å². The van der Waals surface area contributed by atoms with Crippen molar-refractivity contribution in [3.8, 4) is 0 Å². The molecule has 1 aromatic carbocycles. The molecule has 0 aliphatic carbocycles. The predicted molar refractivity (Wildman–Crippen MR) is 70.4 cm³/mol. The predicted octanol–water partition coefficient (Wildman–Crippen LogP) is 0.883. The van der Waals surface area contributed by atoms with E-state index >= 15 is 0 Å². The van der Waals surface area contributed by atoms with E-state index in [1.807, 2.05) is 6.07 Å². The van der Waals surface area contributed by atoms with Crippen molar-refractivity contribution in [2.45, 2.75) is 11.4 Å². The van der Waals surface area contributed by atoms with Crippen LogP contribution in [0, 0.1) is 0 Å². The van der Waals surface area contributed by atoms with Gasteiger partial charge in [0.05, 0.1) is 4.90 Å². The van der Waals surface area contributed by atoms with Gasteiger partial charge in [-0.05, 0) is 17.7 Å². The summed E-state index contributed by atoms with van der Waals surface area (Å²) in [6, 6.07) is 6.88. The van der Waals surface area contributed by atoms with Crippen LogP contribution in [0.5, 0.6) is 0 Å². The van der Waals surface area contributed by atoms with Crippen molar-refractivity contribution in [2.75, 3.05) is 24.6 Å². The van der Waals surface area contributed by atoms with Crippen LogP contribution >= 0.6 is 11.8 Å². The van der Waals surface area contributed by atoms with Gasteiger partial charge in [0.2, 0.25) is 10.0 Å². The zero-order chi connectivity index (χ0) is 12.3. The smallest absolute Gasteiger partial charge is 0.243 e. The van der Waals surface area contributed by atoms with Gasteiger partial charge in [-0.15, -0.1) is 0 Å². The third-order valence-corrected chi connectivity index (χ3v) is 5.58. The lowest BCUT2D eigenvalue weighted by Gasteiger charge is -2.25. The third kappa shape index (κ3) is 2.82. The van der Waals surface area contributed by atoms with Crippen LogP contribution in [0.2, 0.25) is 0 Å². The van der Waals surface area contributed by atoms with Crippen LogP contribution in [-0.4, -0.2) is 37.3 Å². The van der Waals surface area contributed by atoms with Gasteiger partial charge in [0.25, 0.3) is 0 Å². The molecule has 0 unspecified atom stereocenters. The lowest BCUT2D eigenvalue weighted by molar-refractivity contribution is 0.443. The van der Waals surface area contributed by atoms with Crippen molar-refractivity contribution in [3.05, 3.63) is 29.8 Å². The lowest BCUT2D eigenvalue weighted by Crippen LogP contribution is -2.37. The van der Waals surface area contributed by atoms with E-state index in [4.69, 9.17) is 5.73 Å². The highest BCUT2D eigenvalue weighted by molar-refractivity contribution is 7.99. The molecule has 94 valence electrons. The Bertz CT molecular complexity index is 482. The number of sulfonamides is 1. The second-order valence-corrected chi connectivity index (χ2v) is 7.03. The molecule has 2 N–H and O–H groups in total. The van der Waals surface area contributed by atoms with E-state index in [0.717, 1.165) is 17.1 Å². The largest absolute Gasteiger partial charge is 0.326 e. The first-order chi connectivity index (χ1) is 8.14. The average molecular weight is 272 g/mol. The van der Waals surface area contributed by atoms with Gasteiger partial charge in [-0.2, -0.15) is 16.1 Å². The Kier molecular flexibility index (Phi) is 4.09. The van der Waals surface area contributed by atoms with Crippen molar-refractivity contribution in [1.29, 1.82) is 0 Å². The molecular weight excluding hydrogens is 256 g/mol. The van der Waals surface area contributed by atoms with Crippen LogP contribution in [0.15, 0.2) is 29.2 Å². The minimum atomic E-state index is -3.33. The van der Waals surface area contributed by atoms with Crippen molar-refractivity contribution in [3.63, 3.8) is 0 Å². The van der Waals surface area contributed by atoms with Gasteiger partial charge in [-0.3, -0.25) is 0 Å². The number of rotatable bonds is 3. The van der Waals surface area contributed by atoms with Gasteiger partial charge < -0.3 is 5.73 Å². The topological polar surface area (TPSA) is 63.4 Å². The van der Waals surface area contributed by atoms with E-state index in [1.165, 1.54) is 0 Å². The Hall–Kier alpha value is -0.560. The van der Waals surface area contributed by atoms with Gasteiger partial charge in [0, 0.05) is 31.1 Å². The molecule has 1 aliphatic rings. The second kappa shape index (κ2) is 5.39. The number of benzene rings is 1. The summed E-state index contributed by atoms with van der Waals surface area (Å²) in [5.74, 6) is 1.74. The summed E-state index contributed by atoms with van der Waals surface area (Å²) in [5.41, 5.74) is 6.37. The third-order valence-electron chi connectivity index (χ3n) is 2.74. The highest BCUT2D eigenvalue weighted by Crippen LogP contribution is 2.20. The number of nitrogens with zero attached hydrogens (tertiary/aromatic N) is 1. The molecule has 1 fully saturated rings. The minimum absolute atomic E-state index is 0.354. The quantitative estimate of drug-likeness (QED) is 0.887. The summed E-state index contributed by atoms with van der Waals surface area (Å²) in [4.78, 5) is 0.354. The number of thioether (sulfide) groups is 1. The first-order valence-electron chi connectivity index (χ1n) is 5.51. The molecule has 0 radical (unpaired) electrons. The maximum atomic E-state index is 12.3. The van der Waals surface area contributed by atoms with Crippen molar-refractivity contribution in [1.82, 2.24) is 4.31 Å². The second-order valence-electron chi connectivity index (χ2n) is 3.87. The molecule has 0 aromatic heterocycles. The Balaban J connectivity index is 2.29. The maximum absolute atomic E-state index is 12.3. The van der Waals surface area contributed by atoms with E-state index in [9.17, 15) is 8.42 Å². The molecule has 0 bridgehead atoms. The molecule has 0 spiro atoms. The van der Waals surface area contributed by atoms with E-state index in [0.29, 0.717) is 24.5 Å². The van der Waals surface area contributed by atoms with Gasteiger partial charge in [0.15, 0.2) is 0 Å². The summed E-state index contributed by atoms with van der Waals surface area (Å²) in [6.07, 6.45) is 0. The van der Waals surface area contributed by atoms with Crippen LogP contribution in [0.3, 0.4) is 0 Å². The Morgan fingerprint density at radius 3 is 2.65 bits per heavy atom. The zero-order valence-electron chi connectivity index (χ0n) is 9.50. The summed E-state index contributed by atoms with van der Waals surface area (Å²) in [6.45, 7) is 1.55. The molecule has 1 aliphatic heterocycles. The fourth-order valence-corrected chi connectivity index (χ4v) is 4.42. The number of hydrogen-bond donors (Lipinski definition) is 1. The van der Waals surface area contributed by atoms with Gasteiger partial charge in [0.1, 0.15) is 0 Å². The molecular formula is C11H16N2O2S2. The molecule has 0 saturated carbocycles. The van der Waals surface area contributed by atoms with Crippen molar-refractivity contribution in [2.24, 2.45) is 5.73 Å². The van der Waals surface area contributed by atoms with Gasteiger partial charge >= 0.3 is 0 Å². The van der Waals surface area contributed by atoms with Crippen LogP contribution in [0.4, 0.5) is 0 Å². The highest BCUT2D eigenvalue weighted by atomic mass is 32.2. The molecule has 2 rings (SSSR count). The number of hydrogen-bond acceptors (Lipinski definition) is 4. The van der Waals surface area contributed by atoms with Crippen molar-refractivity contribution < 1.29 is 8.42 Å². The monoisotopic (exact) mass is 272 g/mol. The SMILES string of the molecule is NCc1cccc(S(=O)(=O)N2CCSCC2)c1. The molecule has 4 nitrogen and oxygen atoms in total. The van der Waals surface area contributed by atoms with Crippen molar-refractivity contribution >= 4 is 21.8 Å². The Labute approximate surface area is 106 Å². The van der Waals surface area contributed by atoms with Gasteiger partial charge in [-0.25, -0.2) is 8.42 Å². The molecule has 1 heterocycles. The van der Waals surface area contributed by atoms with Crippen LogP contribution in [-0.2, 0) is 16.6 Å². The highest BCUT2D eigenvalue weighted by Gasteiger charge is 2.25. The summed E-state index contributed by atoms with van der Waals surface area (Å²) < 4.78 is 26.2. The first-order valence-corrected chi connectivity index (χ1v) is 8.11. The number of nitrogens with two attached hydrogens (primary N) is 1. The maximum Gasteiger partial charge on any atom is 0.243 e. The fourth-order valence-electron chi connectivity index (χ4n) is 1.77. The van der Waals surface area contributed by atoms with Crippen LogP contribution < -0.4 is 5.73 Å². The Morgan fingerprint density at radius 2 is 2.00 bits per heavy atom. The molecule has 6 heteroatoms. The van der Waals surface area contributed by atoms with Crippen LogP contribution in [0.1, 0.15) is 5.56 Å². The van der Waals surface area contributed by atoms with E-state index in [-0.39, 0.29) is 0 Å². The molecule has 1 aromatic rings. The Morgan fingerprint density at radius 1 is 1.29 bits per heavy atom. The van der Waals surface area contributed by atoms with E-state index < -0.39 is 10.0 Å². The minimum Gasteiger partial charge on any atom is -0.326 e. The molecule has 0 atom stereocenters. The first kappa shape index (κ1) is 12.9. The standard InChI is InChI=1S/C11H16N2O2S2/c12-9-10-2-1-3-11(8-10)17(14,15)13-4-6-16-7-5-13/h1-3,8H,4-7,9,12H2. The normalized spacial score (nSPS) is 18.2. The summed E-state index contributed by atoms with van der Waals surface area (Å²) >= 11 is 1.79. The summed E-state index contributed by atoms with van der Waals surface area (Å²) in [5, 5.41) is 0. The molecule has 0 amide bonds. The summed E-state index contributed by atoms with van der Waals surface area (Å²) in [7, 11) is -3.33. The average Bonchev–Trinajstić information content (AvgIpc) is 2.40. The van der Waals surface area contributed by atoms with Gasteiger partial charge in [-0.1, -0.05) is 12.1 Å². The zero-order valence-corrected chi connectivity index (χ0v) is 11.1. The van der Waals surface area contributed by atoms with E-state index in [1.54, 1.807) is 34.3 Å². The van der Waals surface area contributed by atoms with E-state index in [2.05, 4.69) is 0 Å². The molecule has 1 saturated heterocycles. The molecule has 17 heavy (non-hydrogen) atoms. The fraction of sp³-hybridized carbons (Fsp3) is 0.455.